The number of nitrogens with zero attached hydrogens (tertiary/aromatic N) is 3. The van der Waals surface area contributed by atoms with Crippen molar-refractivity contribution in [1.29, 1.82) is 0 Å². The van der Waals surface area contributed by atoms with Gasteiger partial charge in [0, 0.05) is 19.8 Å². The third-order valence-corrected chi connectivity index (χ3v) is 6.08. The Morgan fingerprint density at radius 3 is 2.96 bits per heavy atom. The number of aromatic nitrogens is 1. The van der Waals surface area contributed by atoms with Crippen molar-refractivity contribution in [2.45, 2.75) is 13.0 Å². The van der Waals surface area contributed by atoms with Crippen molar-refractivity contribution in [2.24, 2.45) is 0 Å². The van der Waals surface area contributed by atoms with E-state index in [9.17, 15) is 4.79 Å². The fourth-order valence-corrected chi connectivity index (χ4v) is 4.11. The summed E-state index contributed by atoms with van der Waals surface area (Å²) in [5.74, 6) is 0.845. The minimum Gasteiger partial charge on any atom is -0.490 e. The van der Waals surface area contributed by atoms with Gasteiger partial charge in [-0.1, -0.05) is 12.1 Å². The molecule has 27 heavy (non-hydrogen) atoms. The van der Waals surface area contributed by atoms with Gasteiger partial charge in [0.1, 0.15) is 17.4 Å². The molecule has 4 rings (SSSR count). The highest BCUT2D eigenvalue weighted by Gasteiger charge is 2.22. The maximum atomic E-state index is 12.7. The van der Waals surface area contributed by atoms with E-state index in [1.54, 1.807) is 23.3 Å². The predicted molar refractivity (Wildman–Crippen MR) is 110 cm³/mol. The first-order valence-corrected chi connectivity index (χ1v) is 9.72. The molecule has 1 aromatic heterocycles. The van der Waals surface area contributed by atoms with Crippen LogP contribution in [-0.4, -0.2) is 43.2 Å². The molecule has 0 saturated heterocycles. The quantitative estimate of drug-likeness (QED) is 0.732. The summed E-state index contributed by atoms with van der Waals surface area (Å²) >= 11 is 1.62. The number of rotatable bonds is 3. The van der Waals surface area contributed by atoms with Crippen LogP contribution in [-0.2, 0) is 0 Å². The summed E-state index contributed by atoms with van der Waals surface area (Å²) in [4.78, 5) is 21.2. The minimum atomic E-state index is -0.166. The predicted octanol–water partition coefficient (Wildman–Crippen LogP) is 4.35. The van der Waals surface area contributed by atoms with Crippen LogP contribution in [0.5, 0.6) is 5.75 Å². The van der Waals surface area contributed by atoms with Gasteiger partial charge in [0.15, 0.2) is 0 Å². The number of likely N-dealkylation sites (N-methyl/N-ethyl adjacent to an activating group) is 1. The fourth-order valence-electron chi connectivity index (χ4n) is 3.05. The molecule has 1 N–H and O–H groups in total. The van der Waals surface area contributed by atoms with Crippen LogP contribution >= 0.6 is 11.3 Å². The van der Waals surface area contributed by atoms with Crippen LogP contribution in [0.2, 0.25) is 0 Å². The molecule has 1 aliphatic heterocycles. The number of carbonyl (C=O) groups excluding carboxylic acids is 1. The lowest BCUT2D eigenvalue weighted by atomic mass is 10.2. The van der Waals surface area contributed by atoms with Crippen molar-refractivity contribution >= 4 is 39.0 Å². The van der Waals surface area contributed by atoms with Crippen molar-refractivity contribution in [3.05, 3.63) is 47.5 Å². The number of carbonyl (C=O) groups is 1. The van der Waals surface area contributed by atoms with E-state index in [1.165, 1.54) is 0 Å². The Labute approximate surface area is 162 Å². The highest BCUT2D eigenvalue weighted by molar-refractivity contribution is 7.18. The zero-order valence-corrected chi connectivity index (χ0v) is 16.4. The Balaban J connectivity index is 1.49. The van der Waals surface area contributed by atoms with E-state index < -0.39 is 0 Å². The van der Waals surface area contributed by atoms with E-state index in [1.807, 2.05) is 50.4 Å². The molecule has 0 fully saturated rings. The van der Waals surface area contributed by atoms with Crippen molar-refractivity contribution in [3.8, 4) is 5.75 Å². The number of benzene rings is 2. The van der Waals surface area contributed by atoms with Crippen molar-refractivity contribution in [1.82, 2.24) is 9.88 Å². The topological polar surface area (TPSA) is 57.7 Å². The van der Waals surface area contributed by atoms with Gasteiger partial charge in [-0.2, -0.15) is 0 Å². The molecular formula is C20H22N4O2S. The molecule has 7 heteroatoms. The van der Waals surface area contributed by atoms with Crippen LogP contribution in [0.3, 0.4) is 0 Å². The Kier molecular flexibility index (Phi) is 4.61. The van der Waals surface area contributed by atoms with E-state index in [4.69, 9.17) is 4.74 Å². The summed E-state index contributed by atoms with van der Waals surface area (Å²) in [5.41, 5.74) is 2.70. The average molecular weight is 382 g/mol. The molecule has 0 spiro atoms. The first-order valence-electron chi connectivity index (χ1n) is 8.90. The zero-order valence-electron chi connectivity index (χ0n) is 15.6. The molecule has 0 radical (unpaired) electrons. The standard InChI is InChI=1S/C20H22N4O2S/c1-13(19-22-15-6-4-5-7-18(15)27-19)24(3)20(25)21-14-8-9-17-16(12-14)23(2)10-11-26-17/h4-9,12-13H,10-11H2,1-3H3,(H,21,25). The number of hydrogen-bond acceptors (Lipinski definition) is 5. The van der Waals surface area contributed by atoms with Crippen molar-refractivity contribution < 1.29 is 9.53 Å². The first kappa shape index (κ1) is 17.6. The highest BCUT2D eigenvalue weighted by atomic mass is 32.1. The molecule has 0 aliphatic carbocycles. The number of fused-ring (bicyclic) bond motifs is 2. The molecule has 6 nitrogen and oxygen atoms in total. The summed E-state index contributed by atoms with van der Waals surface area (Å²) in [7, 11) is 3.81. The first-order chi connectivity index (χ1) is 13.0. The van der Waals surface area contributed by atoms with Gasteiger partial charge < -0.3 is 19.9 Å². The van der Waals surface area contributed by atoms with Gasteiger partial charge >= 0.3 is 6.03 Å². The van der Waals surface area contributed by atoms with E-state index >= 15 is 0 Å². The van der Waals surface area contributed by atoms with E-state index in [0.717, 1.165) is 38.9 Å². The third kappa shape index (κ3) is 3.42. The number of nitrogens with one attached hydrogen (secondary N) is 1. The molecule has 1 aliphatic rings. The van der Waals surface area contributed by atoms with Gasteiger partial charge in [-0.05, 0) is 37.3 Å². The van der Waals surface area contributed by atoms with Crippen LogP contribution < -0.4 is 15.0 Å². The Morgan fingerprint density at radius 2 is 2.15 bits per heavy atom. The summed E-state index contributed by atoms with van der Waals surface area (Å²) in [6, 6.07) is 13.5. The second kappa shape index (κ2) is 7.08. The second-order valence-corrected chi connectivity index (χ2v) is 7.75. The molecule has 3 aromatic rings. The highest BCUT2D eigenvalue weighted by Crippen LogP contribution is 2.34. The van der Waals surface area contributed by atoms with Crippen molar-refractivity contribution in [3.63, 3.8) is 0 Å². The van der Waals surface area contributed by atoms with E-state index in [2.05, 4.69) is 21.3 Å². The van der Waals surface area contributed by atoms with Crippen LogP contribution in [0.25, 0.3) is 10.2 Å². The molecule has 1 unspecified atom stereocenters. The lowest BCUT2D eigenvalue weighted by Crippen LogP contribution is -2.34. The molecular weight excluding hydrogens is 360 g/mol. The lowest BCUT2D eigenvalue weighted by Gasteiger charge is -2.28. The number of amides is 2. The largest absolute Gasteiger partial charge is 0.490 e. The Hall–Kier alpha value is -2.80. The van der Waals surface area contributed by atoms with E-state index in [0.29, 0.717) is 6.61 Å². The number of urea groups is 1. The molecule has 0 bridgehead atoms. The summed E-state index contributed by atoms with van der Waals surface area (Å²) in [6.07, 6.45) is 0. The molecule has 140 valence electrons. The second-order valence-electron chi connectivity index (χ2n) is 6.69. The zero-order chi connectivity index (χ0) is 19.0. The van der Waals surface area contributed by atoms with Gasteiger partial charge in [-0.25, -0.2) is 9.78 Å². The third-order valence-electron chi connectivity index (χ3n) is 4.87. The summed E-state index contributed by atoms with van der Waals surface area (Å²) < 4.78 is 6.78. The molecule has 2 amide bonds. The fraction of sp³-hybridized carbons (Fsp3) is 0.300. The average Bonchev–Trinajstić information content (AvgIpc) is 3.11. The SMILES string of the molecule is CC(c1nc2ccccc2s1)N(C)C(=O)Nc1ccc2c(c1)N(C)CCO2. The van der Waals surface area contributed by atoms with Gasteiger partial charge in [0.05, 0.1) is 28.5 Å². The molecule has 2 heterocycles. The molecule has 0 saturated carbocycles. The number of hydrogen-bond donors (Lipinski definition) is 1. The molecule has 2 aromatic carbocycles. The maximum Gasteiger partial charge on any atom is 0.322 e. The number of ether oxygens (including phenoxy) is 1. The van der Waals surface area contributed by atoms with E-state index in [-0.39, 0.29) is 12.1 Å². The Bertz CT molecular complexity index is 954. The number of anilines is 2. The lowest BCUT2D eigenvalue weighted by molar-refractivity contribution is 0.208. The van der Waals surface area contributed by atoms with Crippen LogP contribution in [0.4, 0.5) is 16.2 Å². The van der Waals surface area contributed by atoms with Crippen molar-refractivity contribution in [2.75, 3.05) is 37.5 Å². The summed E-state index contributed by atoms with van der Waals surface area (Å²) in [6.45, 7) is 3.50. The maximum absolute atomic E-state index is 12.7. The minimum absolute atomic E-state index is 0.119. The van der Waals surface area contributed by atoms with Gasteiger partial charge in [-0.15, -0.1) is 11.3 Å². The van der Waals surface area contributed by atoms with Crippen LogP contribution in [0.1, 0.15) is 18.0 Å². The normalized spacial score (nSPS) is 14.4. The Morgan fingerprint density at radius 1 is 1.33 bits per heavy atom. The summed E-state index contributed by atoms with van der Waals surface area (Å²) in [5, 5.41) is 3.90. The van der Waals surface area contributed by atoms with Crippen LogP contribution in [0.15, 0.2) is 42.5 Å². The van der Waals surface area contributed by atoms with Gasteiger partial charge in [0.2, 0.25) is 0 Å². The van der Waals surface area contributed by atoms with Gasteiger partial charge in [0.25, 0.3) is 0 Å². The monoisotopic (exact) mass is 382 g/mol. The molecule has 1 atom stereocenters. The number of thiazole rings is 1. The van der Waals surface area contributed by atoms with Gasteiger partial charge in [-0.3, -0.25) is 0 Å². The number of para-hydroxylation sites is 1. The smallest absolute Gasteiger partial charge is 0.322 e. The van der Waals surface area contributed by atoms with Crippen LogP contribution in [0, 0.1) is 0 Å².